The Bertz CT molecular complexity index is 1150. The molecule has 0 saturated carbocycles. The van der Waals surface area contributed by atoms with Crippen LogP contribution in [0.15, 0.2) is 72.0 Å². The van der Waals surface area contributed by atoms with Crippen LogP contribution in [0, 0.1) is 0 Å². The Labute approximate surface area is 179 Å². The molecule has 1 heterocycles. The van der Waals surface area contributed by atoms with E-state index in [-0.39, 0.29) is 5.78 Å². The van der Waals surface area contributed by atoms with Crippen molar-refractivity contribution in [1.82, 2.24) is 5.32 Å². The lowest BCUT2D eigenvalue weighted by molar-refractivity contribution is -0.136. The van der Waals surface area contributed by atoms with Gasteiger partial charge in [-0.25, -0.2) is 4.79 Å². The van der Waals surface area contributed by atoms with E-state index in [4.69, 9.17) is 21.1 Å². The van der Waals surface area contributed by atoms with Crippen molar-refractivity contribution in [2.45, 2.75) is 12.8 Å². The minimum atomic E-state index is -0.612. The number of hydrogen-bond acceptors (Lipinski definition) is 5. The van der Waals surface area contributed by atoms with Gasteiger partial charge in [0.2, 0.25) is 0 Å². The Morgan fingerprint density at radius 2 is 1.97 bits per heavy atom. The number of esters is 1. The Morgan fingerprint density at radius 1 is 1.23 bits per heavy atom. The van der Waals surface area contributed by atoms with Crippen molar-refractivity contribution in [3.63, 3.8) is 0 Å². The minimum Gasteiger partial charge on any atom is -0.488 e. The number of benzene rings is 2. The molecule has 0 unspecified atom stereocenters. The smallest absolute Gasteiger partial charge is 0.336 e. The van der Waals surface area contributed by atoms with E-state index in [0.29, 0.717) is 51.0 Å². The van der Waals surface area contributed by atoms with Crippen LogP contribution in [0.5, 0.6) is 5.75 Å². The molecule has 2 aliphatic rings. The summed E-state index contributed by atoms with van der Waals surface area (Å²) in [6.07, 6.45) is 1.63. The predicted molar refractivity (Wildman–Crippen MR) is 115 cm³/mol. The fourth-order valence-corrected chi connectivity index (χ4v) is 4.25. The van der Waals surface area contributed by atoms with Crippen molar-refractivity contribution >= 4 is 29.1 Å². The number of Topliss-reactive ketones (excluding diaryl/α,β-unsaturated/α-hetero) is 1. The van der Waals surface area contributed by atoms with Crippen molar-refractivity contribution in [2.24, 2.45) is 0 Å². The van der Waals surface area contributed by atoms with Gasteiger partial charge in [0, 0.05) is 28.3 Å². The highest BCUT2D eigenvalue weighted by Gasteiger charge is 2.42. The maximum Gasteiger partial charge on any atom is 0.336 e. The van der Waals surface area contributed by atoms with Gasteiger partial charge in [-0.2, -0.15) is 0 Å². The van der Waals surface area contributed by atoms with E-state index in [1.165, 1.54) is 7.11 Å². The van der Waals surface area contributed by atoms with Gasteiger partial charge in [-0.15, -0.1) is 0 Å². The molecule has 0 amide bonds. The Balaban J connectivity index is 1.88. The van der Waals surface area contributed by atoms with E-state index in [9.17, 15) is 9.59 Å². The number of carbonyl (C=O) groups is 2. The molecule has 1 N–H and O–H groups in total. The average molecular weight is 422 g/mol. The van der Waals surface area contributed by atoms with Crippen LogP contribution in [0.25, 0.3) is 5.70 Å². The van der Waals surface area contributed by atoms with Crippen LogP contribution in [-0.2, 0) is 9.53 Å². The monoisotopic (exact) mass is 421 g/mol. The summed E-state index contributed by atoms with van der Waals surface area (Å²) in [6, 6.07) is 12.7. The molecule has 1 aliphatic heterocycles. The predicted octanol–water partition coefficient (Wildman–Crippen LogP) is 4.65. The van der Waals surface area contributed by atoms with E-state index >= 15 is 0 Å². The number of ketones is 1. The first-order valence-electron chi connectivity index (χ1n) is 9.45. The molecule has 6 heteroatoms. The van der Waals surface area contributed by atoms with Gasteiger partial charge in [-0.05, 0) is 24.6 Å². The average Bonchev–Trinajstić information content (AvgIpc) is 3.03. The van der Waals surface area contributed by atoms with E-state index in [2.05, 4.69) is 11.9 Å². The molecule has 0 bridgehead atoms. The first kappa shape index (κ1) is 20.0. The van der Waals surface area contributed by atoms with Crippen molar-refractivity contribution < 1.29 is 19.1 Å². The second kappa shape index (κ2) is 7.84. The molecule has 0 fully saturated rings. The van der Waals surface area contributed by atoms with Crippen molar-refractivity contribution in [1.29, 1.82) is 0 Å². The number of rotatable bonds is 5. The normalized spacial score (nSPS) is 17.3. The lowest BCUT2D eigenvalue weighted by Gasteiger charge is -2.29. The molecule has 30 heavy (non-hydrogen) atoms. The first-order chi connectivity index (χ1) is 14.5. The summed E-state index contributed by atoms with van der Waals surface area (Å²) in [7, 11) is 1.33. The summed E-state index contributed by atoms with van der Waals surface area (Å²) in [4.78, 5) is 26.0. The van der Waals surface area contributed by atoms with Crippen molar-refractivity contribution in [3.05, 3.63) is 93.7 Å². The highest BCUT2D eigenvalue weighted by Crippen LogP contribution is 2.47. The second-order valence-corrected chi connectivity index (χ2v) is 7.45. The van der Waals surface area contributed by atoms with Gasteiger partial charge in [0.05, 0.1) is 23.4 Å². The largest absolute Gasteiger partial charge is 0.488 e. The zero-order valence-electron chi connectivity index (χ0n) is 16.6. The lowest BCUT2D eigenvalue weighted by Crippen LogP contribution is -2.29. The number of carbonyl (C=O) groups excluding carboxylic acids is 2. The topological polar surface area (TPSA) is 64.6 Å². The minimum absolute atomic E-state index is 0.116. The molecule has 0 saturated heterocycles. The summed E-state index contributed by atoms with van der Waals surface area (Å²) < 4.78 is 10.6. The fraction of sp³-hybridized carbons (Fsp3) is 0.167. The number of nitrogens with one attached hydrogen (secondary N) is 1. The van der Waals surface area contributed by atoms with E-state index in [1.54, 1.807) is 31.2 Å². The van der Waals surface area contributed by atoms with Gasteiger partial charge in [0.15, 0.2) is 5.78 Å². The third-order valence-corrected chi connectivity index (χ3v) is 5.60. The number of methoxy groups -OCH3 is 1. The summed E-state index contributed by atoms with van der Waals surface area (Å²) >= 11 is 6.44. The fourth-order valence-electron chi connectivity index (χ4n) is 4.01. The Morgan fingerprint density at radius 3 is 2.63 bits per heavy atom. The molecule has 0 aromatic heterocycles. The summed E-state index contributed by atoms with van der Waals surface area (Å²) in [6.45, 7) is 5.76. The molecular formula is C24H20ClNO4. The molecule has 1 atom stereocenters. The van der Waals surface area contributed by atoms with Crippen LogP contribution in [-0.4, -0.2) is 25.5 Å². The van der Waals surface area contributed by atoms with Gasteiger partial charge in [-0.3, -0.25) is 4.79 Å². The summed E-state index contributed by atoms with van der Waals surface area (Å²) in [5, 5.41) is 3.64. The number of ether oxygens (including phenoxy) is 2. The quantitative estimate of drug-likeness (QED) is 0.562. The van der Waals surface area contributed by atoms with Crippen LogP contribution < -0.4 is 10.1 Å². The zero-order valence-corrected chi connectivity index (χ0v) is 17.4. The number of fused-ring (bicyclic) bond motifs is 2. The number of dihydropyridines is 1. The van der Waals surface area contributed by atoms with Crippen LogP contribution in [0.1, 0.15) is 34.3 Å². The molecule has 2 aromatic carbocycles. The van der Waals surface area contributed by atoms with E-state index in [0.717, 1.165) is 5.56 Å². The highest BCUT2D eigenvalue weighted by atomic mass is 35.5. The standard InChI is InChI=1S/C24H20ClNO4/c1-4-11-30-18-10-9-14(12-17(18)25)20-19(24(28)29-3)13(2)26-22-15-7-5-6-8-16(15)23(27)21(20)22/h4-10,12,20,26H,1,11H2,2-3H3/t20-/m1/s1. The molecular weight excluding hydrogens is 402 g/mol. The van der Waals surface area contributed by atoms with Gasteiger partial charge in [0.1, 0.15) is 12.4 Å². The maximum atomic E-state index is 13.3. The number of hydrogen-bond donors (Lipinski definition) is 1. The third kappa shape index (κ3) is 3.12. The number of halogens is 1. The Kier molecular flexibility index (Phi) is 5.22. The molecule has 0 spiro atoms. The SMILES string of the molecule is C=CCOc1ccc([C@@H]2C(C(=O)OC)=C(C)NC3=C2C(=O)c2ccccc23)cc1Cl. The Hall–Kier alpha value is -3.31. The molecule has 2 aromatic rings. The van der Waals surface area contributed by atoms with Crippen LogP contribution in [0.4, 0.5) is 0 Å². The lowest BCUT2D eigenvalue weighted by atomic mass is 9.80. The zero-order chi connectivity index (χ0) is 21.4. The molecule has 1 aliphatic carbocycles. The van der Waals surface area contributed by atoms with Gasteiger partial charge >= 0.3 is 5.97 Å². The van der Waals surface area contributed by atoms with Gasteiger partial charge in [0.25, 0.3) is 0 Å². The van der Waals surface area contributed by atoms with Crippen LogP contribution >= 0.6 is 11.6 Å². The summed E-state index contributed by atoms with van der Waals surface area (Å²) in [5.74, 6) is -0.720. The summed E-state index contributed by atoms with van der Waals surface area (Å²) in [5.41, 5.74) is 4.39. The second-order valence-electron chi connectivity index (χ2n) is 7.04. The molecule has 5 nitrogen and oxygen atoms in total. The van der Waals surface area contributed by atoms with E-state index < -0.39 is 11.9 Å². The van der Waals surface area contributed by atoms with Crippen molar-refractivity contribution in [3.8, 4) is 5.75 Å². The maximum absolute atomic E-state index is 13.3. The molecule has 152 valence electrons. The molecule has 0 radical (unpaired) electrons. The first-order valence-corrected chi connectivity index (χ1v) is 9.83. The van der Waals surface area contributed by atoms with Crippen LogP contribution in [0.2, 0.25) is 5.02 Å². The van der Waals surface area contributed by atoms with Gasteiger partial charge in [-0.1, -0.05) is 54.6 Å². The van der Waals surface area contributed by atoms with Crippen LogP contribution in [0.3, 0.4) is 0 Å². The van der Waals surface area contributed by atoms with Gasteiger partial charge < -0.3 is 14.8 Å². The van der Waals surface area contributed by atoms with Crippen molar-refractivity contribution in [2.75, 3.05) is 13.7 Å². The number of allylic oxidation sites excluding steroid dienone is 2. The third-order valence-electron chi connectivity index (χ3n) is 5.30. The highest BCUT2D eigenvalue weighted by molar-refractivity contribution is 6.32. The van der Waals surface area contributed by atoms with E-state index in [1.807, 2.05) is 24.3 Å². The molecule has 4 rings (SSSR count).